The van der Waals surface area contributed by atoms with Crippen LogP contribution in [0.4, 0.5) is 13.2 Å². The number of unbranched alkanes of at least 4 members (excludes halogenated alkanes) is 1. The second-order valence-corrected chi connectivity index (χ2v) is 5.95. The minimum Gasteiger partial charge on any atom is -0.343 e. The molecule has 8 heteroatoms. The van der Waals surface area contributed by atoms with Gasteiger partial charge in [0, 0.05) is 25.5 Å². The quantitative estimate of drug-likeness (QED) is 0.773. The number of hydrogen-bond donors (Lipinski definition) is 0. The van der Waals surface area contributed by atoms with Gasteiger partial charge in [0.2, 0.25) is 5.91 Å². The number of likely N-dealkylation sites (N-methyl/N-ethyl adjacent to an activating group) is 1. The third-order valence-electron chi connectivity index (χ3n) is 3.73. The molecule has 0 unspecified atom stereocenters. The fraction of sp³-hybridized carbons (Fsp3) is 0.500. The lowest BCUT2D eigenvalue weighted by Crippen LogP contribution is -2.33. The van der Waals surface area contributed by atoms with Crippen LogP contribution < -0.4 is 0 Å². The van der Waals surface area contributed by atoms with Gasteiger partial charge in [-0.25, -0.2) is 4.98 Å². The van der Waals surface area contributed by atoms with Crippen LogP contribution in [-0.4, -0.2) is 33.3 Å². The van der Waals surface area contributed by atoms with E-state index in [4.69, 9.17) is 11.6 Å². The van der Waals surface area contributed by atoms with Gasteiger partial charge in [0.25, 0.3) is 0 Å². The summed E-state index contributed by atoms with van der Waals surface area (Å²) >= 11 is 5.90. The van der Waals surface area contributed by atoms with Gasteiger partial charge in [0.1, 0.15) is 0 Å². The summed E-state index contributed by atoms with van der Waals surface area (Å²) in [6.07, 6.45) is -0.216. The molecule has 0 fully saturated rings. The van der Waals surface area contributed by atoms with Crippen molar-refractivity contribution in [3.8, 4) is 0 Å². The van der Waals surface area contributed by atoms with E-state index in [1.54, 1.807) is 4.90 Å². The highest BCUT2D eigenvalue weighted by atomic mass is 35.5. The number of halogens is 4. The fourth-order valence-corrected chi connectivity index (χ4v) is 2.68. The lowest BCUT2D eigenvalue weighted by atomic mass is 10.2. The van der Waals surface area contributed by atoms with Gasteiger partial charge in [0.15, 0.2) is 5.65 Å². The maximum atomic E-state index is 12.8. The summed E-state index contributed by atoms with van der Waals surface area (Å²) in [6, 6.07) is 0.842. The van der Waals surface area contributed by atoms with E-state index in [1.807, 2.05) is 13.8 Å². The smallest absolute Gasteiger partial charge is 0.343 e. The Morgan fingerprint density at radius 2 is 2.04 bits per heavy atom. The van der Waals surface area contributed by atoms with Crippen LogP contribution in [0.2, 0.25) is 5.02 Å². The van der Waals surface area contributed by atoms with Crippen molar-refractivity contribution in [1.82, 2.24) is 14.3 Å². The third kappa shape index (κ3) is 4.20. The molecule has 0 aliphatic rings. The Morgan fingerprint density at radius 1 is 1.33 bits per heavy atom. The monoisotopic (exact) mass is 361 g/mol. The van der Waals surface area contributed by atoms with Crippen molar-refractivity contribution in [2.45, 2.75) is 39.3 Å². The Labute approximate surface area is 143 Å². The highest BCUT2D eigenvalue weighted by molar-refractivity contribution is 6.33. The van der Waals surface area contributed by atoms with E-state index in [9.17, 15) is 18.0 Å². The first-order valence-corrected chi connectivity index (χ1v) is 8.16. The van der Waals surface area contributed by atoms with E-state index in [1.165, 1.54) is 10.6 Å². The number of carbonyl (C=O) groups is 1. The number of pyridine rings is 1. The zero-order chi connectivity index (χ0) is 17.9. The molecule has 132 valence electrons. The van der Waals surface area contributed by atoms with Crippen molar-refractivity contribution in [3.05, 3.63) is 34.7 Å². The molecule has 0 bridgehead atoms. The maximum Gasteiger partial charge on any atom is 0.417 e. The van der Waals surface area contributed by atoms with E-state index >= 15 is 0 Å². The van der Waals surface area contributed by atoms with E-state index in [2.05, 4.69) is 4.98 Å². The maximum absolute atomic E-state index is 12.8. The van der Waals surface area contributed by atoms with Crippen LogP contribution in [-0.2, 0) is 17.4 Å². The van der Waals surface area contributed by atoms with Gasteiger partial charge in [-0.05, 0) is 19.4 Å². The zero-order valence-electron chi connectivity index (χ0n) is 13.5. The Balaban J connectivity index is 2.24. The summed E-state index contributed by atoms with van der Waals surface area (Å²) in [5.41, 5.74) is -0.242. The molecule has 0 atom stereocenters. The molecule has 4 nitrogen and oxygen atoms in total. The van der Waals surface area contributed by atoms with Crippen molar-refractivity contribution in [3.63, 3.8) is 0 Å². The number of fused-ring (bicyclic) bond motifs is 1. The first-order valence-electron chi connectivity index (χ1n) is 7.78. The average Bonchev–Trinajstić information content (AvgIpc) is 2.90. The number of carbonyl (C=O) groups excluding carboxylic acids is 1. The second-order valence-electron chi connectivity index (χ2n) is 5.54. The topological polar surface area (TPSA) is 37.6 Å². The number of rotatable bonds is 6. The summed E-state index contributed by atoms with van der Waals surface area (Å²) in [5.74, 6) is -0.0958. The summed E-state index contributed by atoms with van der Waals surface area (Å²) in [6.45, 7) is 5.19. The van der Waals surface area contributed by atoms with Crippen molar-refractivity contribution >= 4 is 23.2 Å². The van der Waals surface area contributed by atoms with E-state index in [0.29, 0.717) is 18.8 Å². The Hall–Kier alpha value is -1.76. The van der Waals surface area contributed by atoms with Crippen LogP contribution in [0.1, 0.15) is 37.9 Å². The lowest BCUT2D eigenvalue weighted by Gasteiger charge is -2.19. The summed E-state index contributed by atoms with van der Waals surface area (Å²) in [7, 11) is 0. The van der Waals surface area contributed by atoms with Crippen LogP contribution in [0.5, 0.6) is 0 Å². The van der Waals surface area contributed by atoms with Crippen LogP contribution in [0.25, 0.3) is 5.65 Å². The molecule has 0 aromatic carbocycles. The van der Waals surface area contributed by atoms with E-state index in [0.717, 1.165) is 25.1 Å². The van der Waals surface area contributed by atoms with Crippen LogP contribution in [0.3, 0.4) is 0 Å². The minimum absolute atomic E-state index is 0.0386. The second kappa shape index (κ2) is 7.42. The summed E-state index contributed by atoms with van der Waals surface area (Å²) < 4.78 is 39.7. The highest BCUT2D eigenvalue weighted by Gasteiger charge is 2.32. The zero-order valence-corrected chi connectivity index (χ0v) is 14.3. The van der Waals surface area contributed by atoms with Crippen LogP contribution >= 0.6 is 11.6 Å². The molecular formula is C16H19ClF3N3O. The van der Waals surface area contributed by atoms with Gasteiger partial charge in [-0.15, -0.1) is 0 Å². The van der Waals surface area contributed by atoms with Crippen LogP contribution in [0.15, 0.2) is 18.5 Å². The van der Waals surface area contributed by atoms with Gasteiger partial charge in [-0.3, -0.25) is 4.79 Å². The molecule has 2 aromatic heterocycles. The standard InChI is InChI=1S/C16H19ClF3N3O/c1-3-5-6-22(4-2)14(24)8-12-10-23-9-11(16(18,19)20)7-13(17)15(23)21-12/h7,9-10H,3-6,8H2,1-2H3. The third-order valence-corrected chi connectivity index (χ3v) is 4.01. The Morgan fingerprint density at radius 3 is 2.62 bits per heavy atom. The van der Waals surface area contributed by atoms with Crippen LogP contribution in [0, 0.1) is 0 Å². The molecule has 0 saturated heterocycles. The summed E-state index contributed by atoms with van der Waals surface area (Å²) in [5, 5.41) is -0.0955. The first kappa shape index (κ1) is 18.6. The van der Waals surface area contributed by atoms with Gasteiger partial charge in [0.05, 0.1) is 22.7 Å². The predicted octanol–water partition coefficient (Wildman–Crippen LogP) is 4.20. The molecule has 2 heterocycles. The van der Waals surface area contributed by atoms with Gasteiger partial charge < -0.3 is 9.30 Å². The average molecular weight is 362 g/mol. The number of nitrogens with zero attached hydrogens (tertiary/aromatic N) is 3. The molecule has 0 N–H and O–H groups in total. The molecule has 24 heavy (non-hydrogen) atoms. The van der Waals surface area contributed by atoms with Gasteiger partial charge >= 0.3 is 6.18 Å². The van der Waals surface area contributed by atoms with Gasteiger partial charge in [-0.2, -0.15) is 13.2 Å². The molecule has 1 amide bonds. The lowest BCUT2D eigenvalue weighted by molar-refractivity contribution is -0.138. The normalized spacial score (nSPS) is 11.9. The largest absolute Gasteiger partial charge is 0.417 e. The predicted molar refractivity (Wildman–Crippen MR) is 86.1 cm³/mol. The number of hydrogen-bond acceptors (Lipinski definition) is 2. The van der Waals surface area contributed by atoms with E-state index < -0.39 is 11.7 Å². The highest BCUT2D eigenvalue weighted by Crippen LogP contribution is 2.32. The SMILES string of the molecule is CCCCN(CC)C(=O)Cc1cn2cc(C(F)(F)F)cc(Cl)c2n1. The summed E-state index contributed by atoms with van der Waals surface area (Å²) in [4.78, 5) is 18.2. The molecule has 2 rings (SSSR count). The molecule has 0 radical (unpaired) electrons. The number of aromatic nitrogens is 2. The molecule has 0 aliphatic carbocycles. The van der Waals surface area contributed by atoms with Crippen molar-refractivity contribution in [1.29, 1.82) is 0 Å². The molecule has 0 spiro atoms. The minimum atomic E-state index is -4.49. The fourth-order valence-electron chi connectivity index (χ4n) is 2.42. The molecule has 0 saturated carbocycles. The molecule has 2 aromatic rings. The van der Waals surface area contributed by atoms with Gasteiger partial charge in [-0.1, -0.05) is 24.9 Å². The number of alkyl halides is 3. The first-order chi connectivity index (χ1) is 11.3. The number of amides is 1. The van der Waals surface area contributed by atoms with E-state index in [-0.39, 0.29) is 23.0 Å². The number of imidazole rings is 1. The van der Waals surface area contributed by atoms with Crippen molar-refractivity contribution in [2.75, 3.05) is 13.1 Å². The van der Waals surface area contributed by atoms with Crippen molar-refractivity contribution in [2.24, 2.45) is 0 Å². The molecular weight excluding hydrogens is 343 g/mol. The Bertz CT molecular complexity index is 727. The Kier molecular flexibility index (Phi) is 5.74. The van der Waals surface area contributed by atoms with Crippen molar-refractivity contribution < 1.29 is 18.0 Å². The molecule has 0 aliphatic heterocycles.